The average Bonchev–Trinajstić information content (AvgIpc) is 2.49. The van der Waals surface area contributed by atoms with E-state index in [9.17, 15) is 4.79 Å². The number of nitrogens with two attached hydrogens (primary N) is 1. The number of nitrogens with zero attached hydrogens (tertiary/aromatic N) is 4. The summed E-state index contributed by atoms with van der Waals surface area (Å²) in [6, 6.07) is 0. The lowest BCUT2D eigenvalue weighted by atomic mass is 10.2. The second-order valence-corrected chi connectivity index (χ2v) is 6.19. The van der Waals surface area contributed by atoms with Gasteiger partial charge in [-0.05, 0) is 27.1 Å². The molecule has 1 amide bonds. The maximum atomic E-state index is 12.0. The van der Waals surface area contributed by atoms with Crippen molar-refractivity contribution in [1.29, 1.82) is 0 Å². The Morgan fingerprint density at radius 3 is 2.10 bits per heavy atom. The molecule has 1 fully saturated rings. The van der Waals surface area contributed by atoms with E-state index in [4.69, 9.17) is 5.73 Å². The predicted octanol–water partition coefficient (Wildman–Crippen LogP) is -0.637. The number of amides is 1. The molecule has 0 saturated carbocycles. The minimum Gasteiger partial charge on any atom is -0.346 e. The zero-order valence-electron chi connectivity index (χ0n) is 14.1. The zero-order valence-corrected chi connectivity index (χ0v) is 14.1. The van der Waals surface area contributed by atoms with Crippen LogP contribution in [-0.2, 0) is 4.79 Å². The lowest BCUT2D eigenvalue weighted by Crippen LogP contribution is -2.48. The molecule has 0 spiro atoms. The third-order valence-electron chi connectivity index (χ3n) is 4.09. The van der Waals surface area contributed by atoms with Crippen molar-refractivity contribution in [1.82, 2.24) is 19.6 Å². The van der Waals surface area contributed by atoms with Crippen molar-refractivity contribution in [2.45, 2.75) is 12.8 Å². The van der Waals surface area contributed by atoms with Gasteiger partial charge in [0.15, 0.2) is 0 Å². The van der Waals surface area contributed by atoms with Gasteiger partial charge >= 0.3 is 0 Å². The number of hydrogen-bond acceptors (Lipinski definition) is 5. The zero-order chi connectivity index (χ0) is 15.7. The van der Waals surface area contributed by atoms with Gasteiger partial charge in [0.2, 0.25) is 5.91 Å². The molecule has 21 heavy (non-hydrogen) atoms. The molecule has 6 nitrogen and oxygen atoms in total. The molecular formula is C15H33N5O. The number of likely N-dealkylation sites (N-methyl/N-ethyl adjacent to an activating group) is 1. The van der Waals surface area contributed by atoms with Gasteiger partial charge in [-0.15, -0.1) is 0 Å². The Bertz CT molecular complexity index is 290. The van der Waals surface area contributed by atoms with E-state index in [2.05, 4.69) is 28.8 Å². The quantitative estimate of drug-likeness (QED) is 0.614. The Hall–Kier alpha value is -0.690. The largest absolute Gasteiger partial charge is 0.346 e. The van der Waals surface area contributed by atoms with Gasteiger partial charge in [-0.25, -0.2) is 0 Å². The van der Waals surface area contributed by atoms with Gasteiger partial charge in [-0.2, -0.15) is 0 Å². The van der Waals surface area contributed by atoms with Crippen molar-refractivity contribution < 1.29 is 4.79 Å². The molecule has 2 N–H and O–H groups in total. The number of carbonyl (C=O) groups is 1. The van der Waals surface area contributed by atoms with Crippen LogP contribution in [-0.4, -0.2) is 106 Å². The van der Waals surface area contributed by atoms with Crippen molar-refractivity contribution in [3.8, 4) is 0 Å². The van der Waals surface area contributed by atoms with Crippen molar-refractivity contribution in [3.05, 3.63) is 0 Å². The summed E-state index contributed by atoms with van der Waals surface area (Å²) in [4.78, 5) is 20.9. The van der Waals surface area contributed by atoms with E-state index in [1.807, 2.05) is 7.05 Å². The molecule has 1 aliphatic rings. The molecule has 0 radical (unpaired) electrons. The Balaban J connectivity index is 2.13. The summed E-state index contributed by atoms with van der Waals surface area (Å²) in [5.41, 5.74) is 5.47. The molecule has 0 aromatic carbocycles. The Labute approximate surface area is 129 Å². The lowest BCUT2D eigenvalue weighted by molar-refractivity contribution is -0.130. The topological polar surface area (TPSA) is 56.0 Å². The summed E-state index contributed by atoms with van der Waals surface area (Å²) in [7, 11) is 6.10. The van der Waals surface area contributed by atoms with Gasteiger partial charge in [0.25, 0.3) is 0 Å². The Morgan fingerprint density at radius 2 is 1.57 bits per heavy atom. The molecule has 0 atom stereocenters. The summed E-state index contributed by atoms with van der Waals surface area (Å²) in [6.07, 6.45) is 1.51. The molecule has 124 valence electrons. The monoisotopic (exact) mass is 299 g/mol. The molecule has 0 aromatic heterocycles. The van der Waals surface area contributed by atoms with Gasteiger partial charge in [0.05, 0.1) is 0 Å². The summed E-state index contributed by atoms with van der Waals surface area (Å²) < 4.78 is 0. The predicted molar refractivity (Wildman–Crippen MR) is 87.4 cm³/mol. The van der Waals surface area contributed by atoms with Crippen LogP contribution in [0.3, 0.4) is 0 Å². The standard InChI is InChI=1S/C15H33N5O/c1-17(2)9-10-20-13-11-19(12-14-20)8-5-15(21)18(3)7-4-6-16/h4-14,16H2,1-3H3. The minimum absolute atomic E-state index is 0.235. The molecule has 0 aromatic rings. The first-order valence-electron chi connectivity index (χ1n) is 8.06. The first-order valence-corrected chi connectivity index (χ1v) is 8.06. The number of piperazine rings is 1. The molecule has 6 heteroatoms. The minimum atomic E-state index is 0.235. The van der Waals surface area contributed by atoms with Gasteiger partial charge in [-0.1, -0.05) is 0 Å². The Kier molecular flexibility index (Phi) is 8.84. The highest BCUT2D eigenvalue weighted by atomic mass is 16.2. The summed E-state index contributed by atoms with van der Waals surface area (Å²) in [5, 5.41) is 0. The van der Waals surface area contributed by atoms with Crippen LogP contribution in [0.4, 0.5) is 0 Å². The molecule has 1 heterocycles. The maximum absolute atomic E-state index is 12.0. The molecule has 0 unspecified atom stereocenters. The third-order valence-corrected chi connectivity index (χ3v) is 4.09. The average molecular weight is 299 g/mol. The second-order valence-electron chi connectivity index (χ2n) is 6.19. The smallest absolute Gasteiger partial charge is 0.223 e. The van der Waals surface area contributed by atoms with Crippen LogP contribution in [0.25, 0.3) is 0 Å². The van der Waals surface area contributed by atoms with Crippen LogP contribution in [0, 0.1) is 0 Å². The summed E-state index contributed by atoms with van der Waals surface area (Å²) in [6.45, 7) is 8.94. The number of carbonyl (C=O) groups excluding carboxylic acids is 1. The van der Waals surface area contributed by atoms with Crippen molar-refractivity contribution in [2.75, 3.05) is 80.0 Å². The molecule has 1 aliphatic heterocycles. The summed E-state index contributed by atoms with van der Waals surface area (Å²) >= 11 is 0. The van der Waals surface area contributed by atoms with Crippen molar-refractivity contribution >= 4 is 5.91 Å². The lowest BCUT2D eigenvalue weighted by Gasteiger charge is -2.35. The van der Waals surface area contributed by atoms with E-state index in [1.165, 1.54) is 0 Å². The first-order chi connectivity index (χ1) is 10.0. The molecular weight excluding hydrogens is 266 g/mol. The van der Waals surface area contributed by atoms with Gasteiger partial charge < -0.3 is 20.4 Å². The normalized spacial score (nSPS) is 17.4. The molecule has 0 aliphatic carbocycles. The van der Waals surface area contributed by atoms with Crippen LogP contribution in [0.2, 0.25) is 0 Å². The molecule has 1 rings (SSSR count). The van der Waals surface area contributed by atoms with Crippen LogP contribution < -0.4 is 5.73 Å². The fourth-order valence-electron chi connectivity index (χ4n) is 2.48. The van der Waals surface area contributed by atoms with Crippen LogP contribution >= 0.6 is 0 Å². The number of rotatable bonds is 9. The van der Waals surface area contributed by atoms with E-state index in [-0.39, 0.29) is 5.91 Å². The number of hydrogen-bond donors (Lipinski definition) is 1. The second kappa shape index (κ2) is 10.1. The highest BCUT2D eigenvalue weighted by Gasteiger charge is 2.18. The first kappa shape index (κ1) is 18.4. The van der Waals surface area contributed by atoms with Crippen LogP contribution in [0.5, 0.6) is 0 Å². The third kappa shape index (κ3) is 7.76. The van der Waals surface area contributed by atoms with Gasteiger partial charge in [-0.3, -0.25) is 9.69 Å². The highest BCUT2D eigenvalue weighted by Crippen LogP contribution is 2.03. The maximum Gasteiger partial charge on any atom is 0.223 e. The van der Waals surface area contributed by atoms with Crippen molar-refractivity contribution in [3.63, 3.8) is 0 Å². The van der Waals surface area contributed by atoms with E-state index in [1.54, 1.807) is 4.90 Å². The van der Waals surface area contributed by atoms with Crippen LogP contribution in [0.15, 0.2) is 0 Å². The summed E-state index contributed by atoms with van der Waals surface area (Å²) in [5.74, 6) is 0.235. The van der Waals surface area contributed by atoms with E-state index >= 15 is 0 Å². The van der Waals surface area contributed by atoms with E-state index < -0.39 is 0 Å². The molecule has 1 saturated heterocycles. The Morgan fingerprint density at radius 1 is 1.00 bits per heavy atom. The fraction of sp³-hybridized carbons (Fsp3) is 0.933. The van der Waals surface area contributed by atoms with Gasteiger partial charge in [0, 0.05) is 65.8 Å². The molecule has 0 bridgehead atoms. The van der Waals surface area contributed by atoms with Crippen molar-refractivity contribution in [2.24, 2.45) is 5.73 Å². The van der Waals surface area contributed by atoms with E-state index in [0.717, 1.165) is 58.8 Å². The fourth-order valence-corrected chi connectivity index (χ4v) is 2.48. The van der Waals surface area contributed by atoms with Gasteiger partial charge in [0.1, 0.15) is 0 Å². The highest BCUT2D eigenvalue weighted by molar-refractivity contribution is 5.76. The SMILES string of the molecule is CN(C)CCN1CCN(CCC(=O)N(C)CCCN)CC1. The van der Waals surface area contributed by atoms with E-state index in [0.29, 0.717) is 13.0 Å². The van der Waals surface area contributed by atoms with Crippen LogP contribution in [0.1, 0.15) is 12.8 Å².